The number of rotatable bonds is 5. The Kier molecular flexibility index (Phi) is 4.56. The average molecular weight is 304 g/mol. The fraction of sp³-hybridized carbons (Fsp3) is 0.143. The van der Waals surface area contributed by atoms with Gasteiger partial charge in [0, 0.05) is 6.42 Å². The molecule has 0 bridgehead atoms. The summed E-state index contributed by atoms with van der Waals surface area (Å²) in [4.78, 5) is 0. The van der Waals surface area contributed by atoms with Gasteiger partial charge in [-0.2, -0.15) is 0 Å². The lowest BCUT2D eigenvalue weighted by molar-refractivity contribution is -0.0489. The molecule has 23 heavy (non-hydrogen) atoms. The zero-order valence-corrected chi connectivity index (χ0v) is 12.8. The molecule has 3 aromatic rings. The van der Waals surface area contributed by atoms with E-state index in [-0.39, 0.29) is 0 Å². The molecule has 0 spiro atoms. The Bertz CT molecular complexity index is 684. The summed E-state index contributed by atoms with van der Waals surface area (Å²) in [5, 5.41) is 22.3. The molecule has 0 aliphatic rings. The predicted octanol–water partition coefficient (Wildman–Crippen LogP) is 3.53. The number of aliphatic hydroxyl groups excluding tert-OH is 1. The van der Waals surface area contributed by atoms with Crippen molar-refractivity contribution in [2.45, 2.75) is 18.1 Å². The minimum atomic E-state index is -1.45. The molecule has 3 aromatic carbocycles. The van der Waals surface area contributed by atoms with Gasteiger partial charge in [-0.25, -0.2) is 0 Å². The fourth-order valence-electron chi connectivity index (χ4n) is 2.92. The van der Waals surface area contributed by atoms with Gasteiger partial charge in [0.25, 0.3) is 0 Å². The molecule has 2 N–H and O–H groups in total. The highest BCUT2D eigenvalue weighted by atomic mass is 16.3. The van der Waals surface area contributed by atoms with Crippen LogP contribution in [0.25, 0.3) is 0 Å². The topological polar surface area (TPSA) is 40.5 Å². The van der Waals surface area contributed by atoms with Gasteiger partial charge < -0.3 is 10.2 Å². The van der Waals surface area contributed by atoms with E-state index < -0.39 is 11.7 Å². The Morgan fingerprint density at radius 2 is 1.04 bits per heavy atom. The Morgan fingerprint density at radius 3 is 1.48 bits per heavy atom. The molecule has 0 unspecified atom stereocenters. The van der Waals surface area contributed by atoms with Crippen LogP contribution in [0.15, 0.2) is 91.0 Å². The predicted molar refractivity (Wildman–Crippen MR) is 92.0 cm³/mol. The number of aliphatic hydroxyl groups is 2. The number of benzene rings is 3. The van der Waals surface area contributed by atoms with E-state index in [1.807, 2.05) is 91.0 Å². The van der Waals surface area contributed by atoms with Crippen molar-refractivity contribution in [2.75, 3.05) is 0 Å². The van der Waals surface area contributed by atoms with Crippen molar-refractivity contribution >= 4 is 0 Å². The average Bonchev–Trinajstić information content (AvgIpc) is 2.63. The molecule has 0 aliphatic heterocycles. The Hall–Kier alpha value is -2.42. The summed E-state index contributed by atoms with van der Waals surface area (Å²) in [5.74, 6) is 0. The zero-order valence-electron chi connectivity index (χ0n) is 12.8. The third kappa shape index (κ3) is 3.19. The highest BCUT2D eigenvalue weighted by molar-refractivity contribution is 5.38. The second kappa shape index (κ2) is 6.78. The van der Waals surface area contributed by atoms with Crippen LogP contribution in [0.5, 0.6) is 0 Å². The van der Waals surface area contributed by atoms with Crippen molar-refractivity contribution < 1.29 is 10.2 Å². The highest BCUT2D eigenvalue weighted by Gasteiger charge is 2.39. The highest BCUT2D eigenvalue weighted by Crippen LogP contribution is 2.34. The van der Waals surface area contributed by atoms with Gasteiger partial charge >= 0.3 is 0 Å². The standard InChI is InChI=1S/C21H20O2/c22-20(16-17-10-4-1-5-11-17)21(23,18-12-6-2-7-13-18)19-14-8-3-9-15-19/h1-15,20,22-23H,16H2/t20-/m1/s1. The molecule has 0 fully saturated rings. The maximum atomic E-state index is 11.4. The van der Waals surface area contributed by atoms with Gasteiger partial charge in [-0.05, 0) is 16.7 Å². The van der Waals surface area contributed by atoms with Crippen LogP contribution in [-0.2, 0) is 12.0 Å². The molecule has 116 valence electrons. The second-order valence-electron chi connectivity index (χ2n) is 5.70. The van der Waals surface area contributed by atoms with Crippen molar-refractivity contribution in [3.8, 4) is 0 Å². The molecule has 3 rings (SSSR count). The van der Waals surface area contributed by atoms with Crippen LogP contribution in [0.1, 0.15) is 16.7 Å². The van der Waals surface area contributed by atoms with Gasteiger partial charge in [0.15, 0.2) is 0 Å². The molecule has 0 heterocycles. The minimum absolute atomic E-state index is 0.376. The Balaban J connectivity index is 2.02. The lowest BCUT2D eigenvalue weighted by atomic mass is 9.79. The van der Waals surface area contributed by atoms with E-state index in [0.717, 1.165) is 5.56 Å². The first-order valence-electron chi connectivity index (χ1n) is 7.76. The maximum Gasteiger partial charge on any atom is 0.141 e. The van der Waals surface area contributed by atoms with E-state index in [4.69, 9.17) is 0 Å². The minimum Gasteiger partial charge on any atom is -0.389 e. The van der Waals surface area contributed by atoms with Crippen molar-refractivity contribution in [2.24, 2.45) is 0 Å². The van der Waals surface area contributed by atoms with Crippen LogP contribution < -0.4 is 0 Å². The first kappa shape index (κ1) is 15.5. The number of hydrogen-bond acceptors (Lipinski definition) is 2. The van der Waals surface area contributed by atoms with E-state index in [1.54, 1.807) is 0 Å². The summed E-state index contributed by atoms with van der Waals surface area (Å²) >= 11 is 0. The van der Waals surface area contributed by atoms with E-state index in [9.17, 15) is 10.2 Å². The molecule has 1 atom stereocenters. The van der Waals surface area contributed by atoms with Crippen LogP contribution in [-0.4, -0.2) is 16.3 Å². The molecule has 2 heteroatoms. The summed E-state index contributed by atoms with van der Waals surface area (Å²) in [7, 11) is 0. The molecule has 0 saturated heterocycles. The Labute approximate surface area is 136 Å². The van der Waals surface area contributed by atoms with Crippen molar-refractivity contribution in [3.05, 3.63) is 108 Å². The third-order valence-corrected chi connectivity index (χ3v) is 4.18. The van der Waals surface area contributed by atoms with Crippen LogP contribution in [0, 0.1) is 0 Å². The largest absolute Gasteiger partial charge is 0.389 e. The molecule has 0 aromatic heterocycles. The van der Waals surface area contributed by atoms with Crippen molar-refractivity contribution in [1.82, 2.24) is 0 Å². The van der Waals surface area contributed by atoms with Crippen LogP contribution in [0.2, 0.25) is 0 Å². The summed E-state index contributed by atoms with van der Waals surface area (Å²) in [6.45, 7) is 0. The van der Waals surface area contributed by atoms with Gasteiger partial charge in [0.05, 0.1) is 6.10 Å². The first-order chi connectivity index (χ1) is 11.2. The van der Waals surface area contributed by atoms with E-state index in [1.165, 1.54) is 0 Å². The van der Waals surface area contributed by atoms with Gasteiger partial charge in [-0.15, -0.1) is 0 Å². The quantitative estimate of drug-likeness (QED) is 0.757. The molecule has 0 saturated carbocycles. The molecule has 0 amide bonds. The lowest BCUT2D eigenvalue weighted by Gasteiger charge is -2.34. The maximum absolute atomic E-state index is 11.4. The molecule has 0 aliphatic carbocycles. The Morgan fingerprint density at radius 1 is 0.652 bits per heavy atom. The molecular weight excluding hydrogens is 284 g/mol. The number of hydrogen-bond donors (Lipinski definition) is 2. The fourth-order valence-corrected chi connectivity index (χ4v) is 2.92. The molecule has 0 radical (unpaired) electrons. The third-order valence-electron chi connectivity index (χ3n) is 4.18. The first-order valence-corrected chi connectivity index (χ1v) is 7.76. The van der Waals surface area contributed by atoms with Crippen molar-refractivity contribution in [3.63, 3.8) is 0 Å². The van der Waals surface area contributed by atoms with Gasteiger partial charge in [0.1, 0.15) is 5.60 Å². The van der Waals surface area contributed by atoms with Crippen LogP contribution in [0.3, 0.4) is 0 Å². The summed E-state index contributed by atoms with van der Waals surface area (Å²) < 4.78 is 0. The molecule has 2 nitrogen and oxygen atoms in total. The SMILES string of the molecule is O[C@H](Cc1ccccc1)C(O)(c1ccccc1)c1ccccc1. The van der Waals surface area contributed by atoms with Gasteiger partial charge in [-0.1, -0.05) is 91.0 Å². The van der Waals surface area contributed by atoms with Gasteiger partial charge in [0.2, 0.25) is 0 Å². The van der Waals surface area contributed by atoms with Crippen LogP contribution >= 0.6 is 0 Å². The zero-order chi connectivity index (χ0) is 16.1. The molecular formula is C21H20O2. The summed E-state index contributed by atoms with van der Waals surface area (Å²) in [6.07, 6.45) is -0.573. The second-order valence-corrected chi connectivity index (χ2v) is 5.70. The van der Waals surface area contributed by atoms with E-state index >= 15 is 0 Å². The summed E-state index contributed by atoms with van der Waals surface area (Å²) in [6, 6.07) is 28.4. The normalized spacial score (nSPS) is 12.8. The van der Waals surface area contributed by atoms with Crippen molar-refractivity contribution in [1.29, 1.82) is 0 Å². The van der Waals surface area contributed by atoms with Crippen LogP contribution in [0.4, 0.5) is 0 Å². The monoisotopic (exact) mass is 304 g/mol. The lowest BCUT2D eigenvalue weighted by Crippen LogP contribution is -2.42. The van der Waals surface area contributed by atoms with E-state index in [0.29, 0.717) is 17.5 Å². The smallest absolute Gasteiger partial charge is 0.141 e. The van der Waals surface area contributed by atoms with Gasteiger partial charge in [-0.3, -0.25) is 0 Å². The van der Waals surface area contributed by atoms with E-state index in [2.05, 4.69) is 0 Å². The summed E-state index contributed by atoms with van der Waals surface area (Å²) in [5.41, 5.74) is 0.924.